The Morgan fingerprint density at radius 1 is 0.974 bits per heavy atom. The van der Waals surface area contributed by atoms with Crippen molar-refractivity contribution in [3.05, 3.63) is 131 Å². The van der Waals surface area contributed by atoms with E-state index in [0.717, 1.165) is 45.3 Å². The van der Waals surface area contributed by atoms with Crippen LogP contribution in [0.25, 0.3) is 11.5 Å². The number of carbonyl (C=O) groups excluding carboxylic acids is 1. The first-order chi connectivity index (χ1) is 18.9. The minimum Gasteiger partial charge on any atom is -0.308 e. The zero-order valence-corrected chi connectivity index (χ0v) is 22.2. The number of nitrogens with one attached hydrogen (secondary N) is 1. The summed E-state index contributed by atoms with van der Waals surface area (Å²) in [5.41, 5.74) is 7.34. The highest BCUT2D eigenvalue weighted by molar-refractivity contribution is 5.90. The van der Waals surface area contributed by atoms with Crippen molar-refractivity contribution in [1.29, 1.82) is 0 Å². The lowest BCUT2D eigenvalue weighted by atomic mass is 10.0. The van der Waals surface area contributed by atoms with Crippen molar-refractivity contribution in [3.63, 3.8) is 0 Å². The third-order valence-electron chi connectivity index (χ3n) is 7.49. The van der Waals surface area contributed by atoms with E-state index >= 15 is 0 Å². The minimum atomic E-state index is -0.524. The highest BCUT2D eigenvalue weighted by Crippen LogP contribution is 2.39. The van der Waals surface area contributed by atoms with Crippen LogP contribution < -0.4 is 5.32 Å². The molecule has 6 nitrogen and oxygen atoms in total. The van der Waals surface area contributed by atoms with Crippen molar-refractivity contribution in [1.82, 2.24) is 19.2 Å². The number of urea groups is 1. The lowest BCUT2D eigenvalue weighted by Crippen LogP contribution is -2.38. The summed E-state index contributed by atoms with van der Waals surface area (Å²) in [5, 5.41) is 8.10. The van der Waals surface area contributed by atoms with Crippen molar-refractivity contribution in [2.24, 2.45) is 0 Å². The number of hydrogen-bond donors (Lipinski definition) is 1. The quantitative estimate of drug-likeness (QED) is 0.275. The van der Waals surface area contributed by atoms with Crippen LogP contribution >= 0.6 is 0 Å². The molecule has 7 heteroatoms. The molecule has 196 valence electrons. The molecule has 1 aliphatic heterocycles. The van der Waals surface area contributed by atoms with Crippen LogP contribution in [0.15, 0.2) is 91.1 Å². The fourth-order valence-electron chi connectivity index (χ4n) is 5.39. The van der Waals surface area contributed by atoms with E-state index in [0.29, 0.717) is 18.5 Å². The highest BCUT2D eigenvalue weighted by atomic mass is 19.1. The molecule has 1 atom stereocenters. The van der Waals surface area contributed by atoms with Crippen LogP contribution in [-0.2, 0) is 13.0 Å². The van der Waals surface area contributed by atoms with Crippen LogP contribution in [-0.4, -0.2) is 25.3 Å². The van der Waals surface area contributed by atoms with Crippen molar-refractivity contribution in [3.8, 4) is 11.5 Å². The van der Waals surface area contributed by atoms with Crippen molar-refractivity contribution < 1.29 is 9.18 Å². The summed E-state index contributed by atoms with van der Waals surface area (Å²) in [4.78, 5) is 15.9. The van der Waals surface area contributed by atoms with Crippen LogP contribution in [0.4, 0.5) is 14.9 Å². The number of anilines is 1. The molecule has 0 saturated carbocycles. The number of halogens is 1. The Kier molecular flexibility index (Phi) is 6.27. The lowest BCUT2D eigenvalue weighted by Gasteiger charge is -2.31. The molecule has 0 aliphatic carbocycles. The average molecular weight is 520 g/mol. The molecule has 39 heavy (non-hydrogen) atoms. The smallest absolute Gasteiger partial charge is 0.308 e. The van der Waals surface area contributed by atoms with Crippen LogP contribution in [0.1, 0.15) is 46.6 Å². The summed E-state index contributed by atoms with van der Waals surface area (Å²) in [5.74, 6) is 0.549. The van der Waals surface area contributed by atoms with E-state index in [9.17, 15) is 9.18 Å². The summed E-state index contributed by atoms with van der Waals surface area (Å²) < 4.78 is 18.6. The van der Waals surface area contributed by atoms with Crippen molar-refractivity contribution in [2.75, 3.05) is 5.32 Å². The predicted octanol–water partition coefficient (Wildman–Crippen LogP) is 7.12. The topological polar surface area (TPSA) is 55.1 Å². The molecule has 0 spiro atoms. The van der Waals surface area contributed by atoms with Gasteiger partial charge in [0.1, 0.15) is 11.6 Å². The van der Waals surface area contributed by atoms with Gasteiger partial charge in [0.25, 0.3) is 0 Å². The van der Waals surface area contributed by atoms with Crippen LogP contribution in [0.2, 0.25) is 0 Å². The molecule has 0 unspecified atom stereocenters. The van der Waals surface area contributed by atoms with Gasteiger partial charge in [-0.15, -0.1) is 0 Å². The highest BCUT2D eigenvalue weighted by Gasteiger charge is 2.36. The van der Waals surface area contributed by atoms with E-state index in [1.54, 1.807) is 11.0 Å². The molecule has 3 heterocycles. The summed E-state index contributed by atoms with van der Waals surface area (Å²) in [6.07, 6.45) is 2.70. The van der Waals surface area contributed by atoms with E-state index in [4.69, 9.17) is 5.10 Å². The molecular weight excluding hydrogens is 489 g/mol. The van der Waals surface area contributed by atoms with E-state index in [-0.39, 0.29) is 11.8 Å². The van der Waals surface area contributed by atoms with Gasteiger partial charge < -0.3 is 14.8 Å². The van der Waals surface area contributed by atoms with Gasteiger partial charge in [-0.1, -0.05) is 43.3 Å². The maximum absolute atomic E-state index is 14.6. The first kappa shape index (κ1) is 24.7. The molecule has 5 aromatic rings. The molecule has 6 rings (SSSR count). The molecule has 1 N–H and O–H groups in total. The Labute approximate surface area is 227 Å². The lowest BCUT2D eigenvalue weighted by molar-refractivity contribution is 0.194. The zero-order valence-electron chi connectivity index (χ0n) is 22.2. The van der Waals surface area contributed by atoms with Gasteiger partial charge in [0.2, 0.25) is 0 Å². The molecule has 0 radical (unpaired) electrons. The van der Waals surface area contributed by atoms with Gasteiger partial charge in [-0.2, -0.15) is 5.10 Å². The first-order valence-corrected chi connectivity index (χ1v) is 13.2. The monoisotopic (exact) mass is 519 g/mol. The van der Waals surface area contributed by atoms with Gasteiger partial charge >= 0.3 is 6.03 Å². The Morgan fingerprint density at radius 3 is 2.54 bits per heavy atom. The maximum atomic E-state index is 14.6. The van der Waals surface area contributed by atoms with Crippen molar-refractivity contribution in [2.45, 2.75) is 39.8 Å². The number of carbonyl (C=O) groups is 1. The molecular formula is C32H30FN5O. The molecule has 2 amide bonds. The summed E-state index contributed by atoms with van der Waals surface area (Å²) >= 11 is 0. The number of fused-ring (bicyclic) bond motifs is 3. The normalized spacial score (nSPS) is 14.5. The van der Waals surface area contributed by atoms with Gasteiger partial charge in [-0.25, -0.2) is 13.9 Å². The van der Waals surface area contributed by atoms with Gasteiger partial charge in [-0.3, -0.25) is 0 Å². The Balaban J connectivity index is 1.55. The Bertz CT molecular complexity index is 1670. The van der Waals surface area contributed by atoms with Crippen LogP contribution in [0.5, 0.6) is 0 Å². The molecule has 1 aliphatic rings. The number of aromatic nitrogens is 3. The van der Waals surface area contributed by atoms with Gasteiger partial charge in [0.15, 0.2) is 0 Å². The maximum Gasteiger partial charge on any atom is 0.322 e. The molecule has 3 aromatic carbocycles. The second-order valence-corrected chi connectivity index (χ2v) is 9.97. The van der Waals surface area contributed by atoms with E-state index in [2.05, 4.69) is 16.8 Å². The number of benzene rings is 3. The van der Waals surface area contributed by atoms with Gasteiger partial charge in [-0.05, 0) is 85.5 Å². The van der Waals surface area contributed by atoms with E-state index in [1.165, 1.54) is 12.1 Å². The second kappa shape index (κ2) is 9.91. The fourth-order valence-corrected chi connectivity index (χ4v) is 5.39. The van der Waals surface area contributed by atoms with E-state index in [1.807, 2.05) is 91.5 Å². The van der Waals surface area contributed by atoms with Crippen molar-refractivity contribution >= 4 is 11.7 Å². The summed E-state index contributed by atoms with van der Waals surface area (Å²) in [7, 11) is 0. The zero-order chi connectivity index (χ0) is 27.1. The minimum absolute atomic E-state index is 0.261. The van der Waals surface area contributed by atoms with Gasteiger partial charge in [0, 0.05) is 17.4 Å². The predicted molar refractivity (Wildman–Crippen MR) is 151 cm³/mol. The third kappa shape index (κ3) is 4.40. The summed E-state index contributed by atoms with van der Waals surface area (Å²) in [6.45, 7) is 6.45. The number of amides is 2. The fraction of sp³-hybridized carbons (Fsp3) is 0.188. The van der Waals surface area contributed by atoms with Gasteiger partial charge in [0.05, 0.1) is 29.7 Å². The Hall–Kier alpha value is -4.65. The molecule has 0 saturated heterocycles. The van der Waals surface area contributed by atoms with E-state index < -0.39 is 6.04 Å². The third-order valence-corrected chi connectivity index (χ3v) is 7.49. The molecule has 2 aromatic heterocycles. The average Bonchev–Trinajstić information content (AvgIpc) is 3.52. The molecule has 0 fully saturated rings. The second-order valence-electron chi connectivity index (χ2n) is 9.97. The molecule has 0 bridgehead atoms. The first-order valence-electron chi connectivity index (χ1n) is 13.2. The standard InChI is InChI=1S/C32H30FN5O/c1-4-28-27-20-37(32(39)34-25-16-15-21(2)22(3)18-25)30(23-10-8-11-24(33)19-23)29-14-9-17-36(29)31(27)38(35-28)26-12-6-5-7-13-26/h5-19,30H,4,20H2,1-3H3,(H,34,39)/t30-/m0/s1. The number of aryl methyl sites for hydroxylation is 3. The van der Waals surface area contributed by atoms with Crippen LogP contribution in [0, 0.1) is 19.7 Å². The number of rotatable bonds is 4. The summed E-state index contributed by atoms with van der Waals surface area (Å²) in [6, 6.07) is 25.6. The Morgan fingerprint density at radius 2 is 1.79 bits per heavy atom. The number of hydrogen-bond acceptors (Lipinski definition) is 2. The number of para-hydroxylation sites is 1. The largest absolute Gasteiger partial charge is 0.322 e. The number of nitrogens with zero attached hydrogens (tertiary/aromatic N) is 4. The SMILES string of the molecule is CCc1nn(-c2ccccc2)c2c1CN(C(=O)Nc1ccc(C)c(C)c1)[C@@H](c1cccc(F)c1)c1cccn1-2. The van der Waals surface area contributed by atoms with Crippen LogP contribution in [0.3, 0.4) is 0 Å².